The Morgan fingerprint density at radius 1 is 1.25 bits per heavy atom. The first-order valence-corrected chi connectivity index (χ1v) is 3.01. The molecule has 0 aliphatic heterocycles. The minimum Gasteiger partial charge on any atom is -0.395 e. The molecule has 12 heavy (non-hydrogen) atoms. The van der Waals surface area contributed by atoms with Crippen molar-refractivity contribution in [2.45, 2.75) is 0 Å². The first-order chi connectivity index (χ1) is 5.57. The monoisotopic (exact) mass is 169 g/mol. The van der Waals surface area contributed by atoms with E-state index in [9.17, 15) is 8.78 Å². The molecule has 0 atom stereocenters. The van der Waals surface area contributed by atoms with Crippen molar-refractivity contribution in [3.63, 3.8) is 0 Å². The van der Waals surface area contributed by atoms with Gasteiger partial charge in [-0.25, -0.2) is 8.78 Å². The van der Waals surface area contributed by atoms with E-state index in [1.807, 2.05) is 0 Å². The van der Waals surface area contributed by atoms with Crippen molar-refractivity contribution in [2.24, 2.45) is 0 Å². The van der Waals surface area contributed by atoms with Crippen molar-refractivity contribution in [1.82, 2.24) is 0 Å². The number of rotatable bonds is 0. The number of anilines is 2. The lowest BCUT2D eigenvalue weighted by molar-refractivity contribution is 0.594. The van der Waals surface area contributed by atoms with Gasteiger partial charge in [0.2, 0.25) is 0 Å². The second-order valence-corrected chi connectivity index (χ2v) is 2.16. The Labute approximate surface area is 67.2 Å². The van der Waals surface area contributed by atoms with E-state index < -0.39 is 23.0 Å². The molecule has 0 bridgehead atoms. The summed E-state index contributed by atoms with van der Waals surface area (Å²) in [4.78, 5) is 0. The normalized spacial score (nSPS) is 9.42. The van der Waals surface area contributed by atoms with Gasteiger partial charge in [-0.2, -0.15) is 5.26 Å². The topological polar surface area (TPSA) is 75.8 Å². The predicted octanol–water partition coefficient (Wildman–Crippen LogP) is 1.00. The van der Waals surface area contributed by atoms with Gasteiger partial charge < -0.3 is 11.5 Å². The molecule has 3 nitrogen and oxygen atoms in total. The Balaban J connectivity index is 3.52. The molecule has 0 radical (unpaired) electrons. The van der Waals surface area contributed by atoms with Gasteiger partial charge in [0.15, 0.2) is 11.6 Å². The van der Waals surface area contributed by atoms with Crippen LogP contribution in [0.2, 0.25) is 0 Å². The molecular formula is C7H5F2N3. The van der Waals surface area contributed by atoms with Gasteiger partial charge in [0.1, 0.15) is 11.8 Å². The molecule has 0 aliphatic rings. The van der Waals surface area contributed by atoms with Crippen LogP contribution in [0.25, 0.3) is 0 Å². The van der Waals surface area contributed by atoms with Crippen LogP contribution in [0.1, 0.15) is 5.56 Å². The molecule has 0 aromatic heterocycles. The molecule has 62 valence electrons. The number of halogens is 2. The minimum atomic E-state index is -1.08. The lowest BCUT2D eigenvalue weighted by atomic mass is 10.1. The highest BCUT2D eigenvalue weighted by atomic mass is 19.1. The van der Waals surface area contributed by atoms with E-state index in [2.05, 4.69) is 0 Å². The van der Waals surface area contributed by atoms with Crippen LogP contribution in [0.3, 0.4) is 0 Å². The van der Waals surface area contributed by atoms with Crippen molar-refractivity contribution >= 4 is 11.4 Å². The van der Waals surface area contributed by atoms with Crippen molar-refractivity contribution < 1.29 is 8.78 Å². The third kappa shape index (κ3) is 1.03. The number of nitriles is 1. The van der Waals surface area contributed by atoms with Crippen molar-refractivity contribution in [3.8, 4) is 6.07 Å². The third-order valence-corrected chi connectivity index (χ3v) is 1.41. The summed E-state index contributed by atoms with van der Waals surface area (Å²) in [6.45, 7) is 0. The molecule has 1 aromatic rings. The van der Waals surface area contributed by atoms with Crippen LogP contribution >= 0.6 is 0 Å². The average molecular weight is 169 g/mol. The summed E-state index contributed by atoms with van der Waals surface area (Å²) in [5.74, 6) is -2.05. The number of nitrogens with zero attached hydrogens (tertiary/aromatic N) is 1. The van der Waals surface area contributed by atoms with Crippen LogP contribution in [0.4, 0.5) is 20.2 Å². The first kappa shape index (κ1) is 8.27. The molecule has 0 spiro atoms. The number of nitrogen functional groups attached to an aromatic ring is 2. The van der Waals surface area contributed by atoms with E-state index in [4.69, 9.17) is 16.7 Å². The van der Waals surface area contributed by atoms with Gasteiger partial charge >= 0.3 is 0 Å². The fourth-order valence-corrected chi connectivity index (χ4v) is 0.743. The Morgan fingerprint density at radius 3 is 2.33 bits per heavy atom. The lowest BCUT2D eigenvalue weighted by Gasteiger charge is -2.02. The van der Waals surface area contributed by atoms with Crippen LogP contribution in [-0.4, -0.2) is 0 Å². The Morgan fingerprint density at radius 2 is 1.83 bits per heavy atom. The summed E-state index contributed by atoms with van der Waals surface area (Å²) >= 11 is 0. The number of nitrogens with two attached hydrogens (primary N) is 2. The molecule has 1 rings (SSSR count). The number of hydrogen-bond acceptors (Lipinski definition) is 3. The Hall–Kier alpha value is -1.83. The number of hydrogen-bond donors (Lipinski definition) is 2. The van der Waals surface area contributed by atoms with Crippen molar-refractivity contribution in [3.05, 3.63) is 23.3 Å². The summed E-state index contributed by atoms with van der Waals surface area (Å²) in [7, 11) is 0. The molecular weight excluding hydrogens is 164 g/mol. The van der Waals surface area contributed by atoms with Crippen molar-refractivity contribution in [2.75, 3.05) is 11.5 Å². The second kappa shape index (κ2) is 2.66. The highest BCUT2D eigenvalue weighted by Crippen LogP contribution is 2.24. The van der Waals surface area contributed by atoms with Gasteiger partial charge in [0, 0.05) is 0 Å². The molecule has 1 aromatic carbocycles. The maximum absolute atomic E-state index is 12.8. The molecule has 0 saturated heterocycles. The van der Waals surface area contributed by atoms with E-state index in [-0.39, 0.29) is 5.56 Å². The first-order valence-electron chi connectivity index (χ1n) is 3.01. The van der Waals surface area contributed by atoms with Gasteiger partial charge in [-0.15, -0.1) is 0 Å². The molecule has 0 saturated carbocycles. The van der Waals surface area contributed by atoms with Crippen LogP contribution in [0.15, 0.2) is 6.07 Å². The van der Waals surface area contributed by atoms with Crippen LogP contribution in [0, 0.1) is 23.0 Å². The van der Waals surface area contributed by atoms with E-state index in [0.717, 1.165) is 6.07 Å². The SMILES string of the molecule is N#Cc1cc(F)c(N)c(F)c1N. The van der Waals surface area contributed by atoms with Gasteiger partial charge in [-0.1, -0.05) is 0 Å². The van der Waals surface area contributed by atoms with E-state index in [1.165, 1.54) is 0 Å². The van der Waals surface area contributed by atoms with E-state index in [0.29, 0.717) is 0 Å². The summed E-state index contributed by atoms with van der Waals surface area (Å²) in [5, 5.41) is 8.35. The Bertz CT molecular complexity index is 368. The van der Waals surface area contributed by atoms with E-state index >= 15 is 0 Å². The molecule has 0 aliphatic carbocycles. The maximum atomic E-state index is 12.8. The fourth-order valence-electron chi connectivity index (χ4n) is 0.743. The second-order valence-electron chi connectivity index (χ2n) is 2.16. The van der Waals surface area contributed by atoms with Gasteiger partial charge in [0.25, 0.3) is 0 Å². The fraction of sp³-hybridized carbons (Fsp3) is 0. The zero-order valence-corrected chi connectivity index (χ0v) is 5.94. The highest BCUT2D eigenvalue weighted by Gasteiger charge is 2.13. The molecule has 0 amide bonds. The summed E-state index contributed by atoms with van der Waals surface area (Å²) in [6.07, 6.45) is 0. The zero-order chi connectivity index (χ0) is 9.30. The lowest BCUT2D eigenvalue weighted by Crippen LogP contribution is -2.02. The van der Waals surface area contributed by atoms with Gasteiger partial charge in [-0.05, 0) is 6.07 Å². The summed E-state index contributed by atoms with van der Waals surface area (Å²) in [6, 6.07) is 2.34. The van der Waals surface area contributed by atoms with Gasteiger partial charge in [0.05, 0.1) is 11.3 Å². The smallest absolute Gasteiger partial charge is 0.173 e. The largest absolute Gasteiger partial charge is 0.395 e. The molecule has 5 heteroatoms. The highest BCUT2D eigenvalue weighted by molar-refractivity contribution is 5.63. The minimum absolute atomic E-state index is 0.251. The third-order valence-electron chi connectivity index (χ3n) is 1.41. The van der Waals surface area contributed by atoms with Gasteiger partial charge in [-0.3, -0.25) is 0 Å². The summed E-state index contributed by atoms with van der Waals surface area (Å²) in [5.41, 5.74) is 8.75. The van der Waals surface area contributed by atoms with Crippen LogP contribution in [-0.2, 0) is 0 Å². The Kier molecular flexibility index (Phi) is 1.83. The quantitative estimate of drug-likeness (QED) is 0.569. The van der Waals surface area contributed by atoms with Crippen LogP contribution < -0.4 is 11.5 Å². The summed E-state index contributed by atoms with van der Waals surface area (Å²) < 4.78 is 25.4. The zero-order valence-electron chi connectivity index (χ0n) is 5.94. The molecule has 4 N–H and O–H groups in total. The standard InChI is InChI=1S/C7H5F2N3/c8-4-1-3(2-10)6(11)5(9)7(4)12/h1H,11-12H2. The van der Waals surface area contributed by atoms with E-state index in [1.54, 1.807) is 6.07 Å². The number of benzene rings is 1. The van der Waals surface area contributed by atoms with Crippen molar-refractivity contribution in [1.29, 1.82) is 5.26 Å². The predicted molar refractivity (Wildman–Crippen MR) is 39.9 cm³/mol. The maximum Gasteiger partial charge on any atom is 0.173 e. The average Bonchev–Trinajstić information content (AvgIpc) is 2.08. The molecule has 0 heterocycles. The van der Waals surface area contributed by atoms with Crippen LogP contribution in [0.5, 0.6) is 0 Å². The molecule has 0 fully saturated rings. The molecule has 0 unspecified atom stereocenters.